The minimum atomic E-state index is -0.833. The zero-order valence-electron chi connectivity index (χ0n) is 19.5. The molecule has 0 aliphatic carbocycles. The normalized spacial score (nSPS) is 16.3. The molecular formula is C28H30ClN3O3. The van der Waals surface area contributed by atoms with Gasteiger partial charge >= 0.3 is 12.0 Å². The second-order valence-electron chi connectivity index (χ2n) is 8.94. The lowest BCUT2D eigenvalue weighted by atomic mass is 9.88. The van der Waals surface area contributed by atoms with Crippen molar-refractivity contribution in [3.63, 3.8) is 0 Å². The first-order chi connectivity index (χ1) is 16.6. The lowest BCUT2D eigenvalue weighted by Gasteiger charge is -2.21. The monoisotopic (exact) mass is 491 g/mol. The van der Waals surface area contributed by atoms with Crippen molar-refractivity contribution >= 4 is 35.8 Å². The van der Waals surface area contributed by atoms with E-state index in [1.165, 1.54) is 11.1 Å². The van der Waals surface area contributed by atoms with Crippen molar-refractivity contribution in [1.29, 1.82) is 0 Å². The number of urea groups is 1. The number of fused-ring (bicyclic) bond motifs is 1. The van der Waals surface area contributed by atoms with Gasteiger partial charge in [0, 0.05) is 30.4 Å². The zero-order valence-corrected chi connectivity index (χ0v) is 20.3. The number of amides is 2. The number of aliphatic carboxylic acids is 1. The molecule has 0 spiro atoms. The van der Waals surface area contributed by atoms with Crippen molar-refractivity contribution < 1.29 is 14.7 Å². The molecule has 3 aromatic rings. The smallest absolute Gasteiger partial charge is 0.329 e. The Balaban J connectivity index is 0.00000289. The fourth-order valence-electron chi connectivity index (χ4n) is 5.02. The van der Waals surface area contributed by atoms with Crippen LogP contribution in [-0.2, 0) is 17.6 Å². The second kappa shape index (κ2) is 10.9. The molecule has 0 saturated carbocycles. The number of carbonyl (C=O) groups is 2. The predicted molar refractivity (Wildman–Crippen MR) is 141 cm³/mol. The number of benzene rings is 3. The van der Waals surface area contributed by atoms with Gasteiger partial charge in [-0.2, -0.15) is 0 Å². The van der Waals surface area contributed by atoms with E-state index < -0.39 is 5.97 Å². The summed E-state index contributed by atoms with van der Waals surface area (Å²) in [6.07, 6.45) is 2.02. The van der Waals surface area contributed by atoms with Crippen molar-refractivity contribution in [1.82, 2.24) is 5.32 Å². The summed E-state index contributed by atoms with van der Waals surface area (Å²) in [5, 5.41) is 12.9. The van der Waals surface area contributed by atoms with Gasteiger partial charge in [0.25, 0.3) is 0 Å². The third-order valence-corrected chi connectivity index (χ3v) is 6.84. The molecule has 7 heteroatoms. The SMILES string of the molecule is Cl.O=C(O)CC(c1ccccc1)c1ccc(N2CCN(c3ccc4c(c3)CCNCC4)C2=O)cc1. The fraction of sp³-hybridized carbons (Fsp3) is 0.286. The van der Waals surface area contributed by atoms with E-state index in [4.69, 9.17) is 0 Å². The summed E-state index contributed by atoms with van der Waals surface area (Å²) in [6.45, 7) is 3.22. The molecular weight excluding hydrogens is 462 g/mol. The highest BCUT2D eigenvalue weighted by atomic mass is 35.5. The number of carbonyl (C=O) groups excluding carboxylic acids is 1. The molecule has 182 valence electrons. The summed E-state index contributed by atoms with van der Waals surface area (Å²) in [7, 11) is 0. The van der Waals surface area contributed by atoms with Gasteiger partial charge in [0.1, 0.15) is 0 Å². The minimum Gasteiger partial charge on any atom is -0.481 e. The molecule has 1 unspecified atom stereocenters. The van der Waals surface area contributed by atoms with Crippen molar-refractivity contribution in [3.8, 4) is 0 Å². The standard InChI is InChI=1S/C28H29N3O3.ClH/c32-27(33)19-26(21-4-2-1-3-5-21)22-7-9-24(10-8-22)30-16-17-31(28(30)34)25-11-6-20-12-14-29-15-13-23(20)18-25;/h1-11,18,26,29H,12-17,19H2,(H,32,33);1H. The first-order valence-electron chi connectivity index (χ1n) is 11.9. The highest BCUT2D eigenvalue weighted by molar-refractivity contribution is 6.06. The Kier molecular flexibility index (Phi) is 7.73. The number of hydrogen-bond donors (Lipinski definition) is 2. The summed E-state index contributed by atoms with van der Waals surface area (Å²) >= 11 is 0. The van der Waals surface area contributed by atoms with Crippen LogP contribution in [0.5, 0.6) is 0 Å². The molecule has 2 heterocycles. The molecule has 2 aliphatic heterocycles. The van der Waals surface area contributed by atoms with Gasteiger partial charge in [-0.3, -0.25) is 14.6 Å². The van der Waals surface area contributed by atoms with Crippen LogP contribution in [-0.4, -0.2) is 43.3 Å². The Morgan fingerprint density at radius 1 is 0.829 bits per heavy atom. The topological polar surface area (TPSA) is 72.9 Å². The first-order valence-corrected chi connectivity index (χ1v) is 11.9. The number of carboxylic acids is 1. The van der Waals surface area contributed by atoms with Crippen LogP contribution in [0.4, 0.5) is 16.2 Å². The number of nitrogens with one attached hydrogen (secondary N) is 1. The minimum absolute atomic E-state index is 0. The Morgan fingerprint density at radius 2 is 1.43 bits per heavy atom. The Labute approximate surface area is 212 Å². The number of hydrogen-bond acceptors (Lipinski definition) is 3. The van der Waals surface area contributed by atoms with Crippen LogP contribution in [0.15, 0.2) is 72.8 Å². The fourth-order valence-corrected chi connectivity index (χ4v) is 5.02. The third kappa shape index (κ3) is 5.34. The molecule has 0 bridgehead atoms. The van der Waals surface area contributed by atoms with E-state index in [0.29, 0.717) is 13.1 Å². The Hall–Kier alpha value is -3.35. The number of nitrogens with zero attached hydrogens (tertiary/aromatic N) is 2. The number of rotatable bonds is 6. The van der Waals surface area contributed by atoms with E-state index in [9.17, 15) is 14.7 Å². The van der Waals surface area contributed by atoms with Gasteiger partial charge in [-0.1, -0.05) is 48.5 Å². The van der Waals surface area contributed by atoms with Gasteiger partial charge in [-0.05, 0) is 72.5 Å². The lowest BCUT2D eigenvalue weighted by Crippen LogP contribution is -2.31. The maximum absolute atomic E-state index is 13.3. The average Bonchev–Trinajstić information content (AvgIpc) is 3.08. The summed E-state index contributed by atoms with van der Waals surface area (Å²) in [4.78, 5) is 28.4. The van der Waals surface area contributed by atoms with E-state index in [-0.39, 0.29) is 30.8 Å². The Bertz CT molecular complexity index is 1180. The van der Waals surface area contributed by atoms with Gasteiger partial charge in [0.2, 0.25) is 0 Å². The average molecular weight is 492 g/mol. The van der Waals surface area contributed by atoms with Gasteiger partial charge in [0.15, 0.2) is 0 Å². The molecule has 1 saturated heterocycles. The van der Waals surface area contributed by atoms with Crippen LogP contribution in [0.1, 0.15) is 34.6 Å². The van der Waals surface area contributed by atoms with Crippen molar-refractivity contribution in [2.75, 3.05) is 36.0 Å². The van der Waals surface area contributed by atoms with E-state index in [1.54, 1.807) is 4.90 Å². The highest BCUT2D eigenvalue weighted by Gasteiger charge is 2.31. The first kappa shape index (κ1) is 24.8. The van der Waals surface area contributed by atoms with E-state index >= 15 is 0 Å². The molecule has 35 heavy (non-hydrogen) atoms. The van der Waals surface area contributed by atoms with Crippen molar-refractivity contribution in [2.45, 2.75) is 25.2 Å². The molecule has 5 rings (SSSR count). The quantitative estimate of drug-likeness (QED) is 0.517. The molecule has 2 aliphatic rings. The van der Waals surface area contributed by atoms with Gasteiger partial charge in [0.05, 0.1) is 6.42 Å². The summed E-state index contributed by atoms with van der Waals surface area (Å²) in [6, 6.07) is 23.8. The lowest BCUT2D eigenvalue weighted by molar-refractivity contribution is -0.137. The van der Waals surface area contributed by atoms with Crippen LogP contribution in [0, 0.1) is 0 Å². The highest BCUT2D eigenvalue weighted by Crippen LogP contribution is 2.32. The van der Waals surface area contributed by atoms with E-state index in [2.05, 4.69) is 23.5 Å². The molecule has 1 atom stereocenters. The molecule has 6 nitrogen and oxygen atoms in total. The second-order valence-corrected chi connectivity index (χ2v) is 8.94. The summed E-state index contributed by atoms with van der Waals surface area (Å²) in [5.74, 6) is -1.06. The third-order valence-electron chi connectivity index (χ3n) is 6.84. The van der Waals surface area contributed by atoms with Crippen LogP contribution in [0.25, 0.3) is 0 Å². The van der Waals surface area contributed by atoms with Gasteiger partial charge in [-0.15, -0.1) is 12.4 Å². The number of anilines is 2. The predicted octanol–water partition coefficient (Wildman–Crippen LogP) is 4.85. The van der Waals surface area contributed by atoms with Crippen LogP contribution in [0.3, 0.4) is 0 Å². The molecule has 0 aromatic heterocycles. The zero-order chi connectivity index (χ0) is 23.5. The molecule has 0 radical (unpaired) electrons. The molecule has 2 N–H and O–H groups in total. The Morgan fingerprint density at radius 3 is 2.11 bits per heavy atom. The largest absolute Gasteiger partial charge is 0.481 e. The van der Waals surface area contributed by atoms with Crippen LogP contribution < -0.4 is 15.1 Å². The van der Waals surface area contributed by atoms with Crippen LogP contribution in [0.2, 0.25) is 0 Å². The number of carboxylic acid groups (broad SMARTS) is 1. The maximum Gasteiger partial charge on any atom is 0.329 e. The van der Waals surface area contributed by atoms with Gasteiger partial charge in [-0.25, -0.2) is 4.79 Å². The van der Waals surface area contributed by atoms with E-state index in [1.807, 2.05) is 59.5 Å². The van der Waals surface area contributed by atoms with Crippen LogP contribution >= 0.6 is 12.4 Å². The summed E-state index contributed by atoms with van der Waals surface area (Å²) in [5.41, 5.74) is 6.37. The van der Waals surface area contributed by atoms with Gasteiger partial charge < -0.3 is 10.4 Å². The van der Waals surface area contributed by atoms with E-state index in [0.717, 1.165) is 48.4 Å². The van der Waals surface area contributed by atoms with Crippen molar-refractivity contribution in [2.24, 2.45) is 0 Å². The molecule has 3 aromatic carbocycles. The number of halogens is 1. The maximum atomic E-state index is 13.3. The molecule has 1 fully saturated rings. The summed E-state index contributed by atoms with van der Waals surface area (Å²) < 4.78 is 0. The van der Waals surface area contributed by atoms with Crippen molar-refractivity contribution in [3.05, 3.63) is 95.1 Å². The molecule has 2 amide bonds.